The van der Waals surface area contributed by atoms with Gasteiger partial charge in [0.1, 0.15) is 5.75 Å². The zero-order valence-electron chi connectivity index (χ0n) is 20.7. The third-order valence-corrected chi connectivity index (χ3v) is 6.57. The number of alkyl halides is 3. The van der Waals surface area contributed by atoms with Gasteiger partial charge in [-0.05, 0) is 48.1 Å². The molecule has 0 fully saturated rings. The van der Waals surface area contributed by atoms with Crippen LogP contribution in [0.2, 0.25) is 0 Å². The first-order chi connectivity index (χ1) is 17.0. The van der Waals surface area contributed by atoms with Gasteiger partial charge in [0, 0.05) is 17.7 Å². The van der Waals surface area contributed by atoms with Gasteiger partial charge in [-0.3, -0.25) is 14.5 Å². The number of carbonyl (C=O) groups is 2. The lowest BCUT2D eigenvalue weighted by molar-refractivity contribution is -0.170. The lowest BCUT2D eigenvalue weighted by Gasteiger charge is -2.37. The molecule has 0 unspecified atom stereocenters. The van der Waals surface area contributed by atoms with Crippen LogP contribution in [0.25, 0.3) is 0 Å². The summed E-state index contributed by atoms with van der Waals surface area (Å²) in [4.78, 5) is 27.1. The second-order valence-electron chi connectivity index (χ2n) is 10.2. The summed E-state index contributed by atoms with van der Waals surface area (Å²) in [5.41, 5.74) is 1.21. The van der Waals surface area contributed by atoms with Crippen LogP contribution in [0, 0.1) is 5.41 Å². The maximum Gasteiger partial charge on any atom is 0.471 e. The van der Waals surface area contributed by atoms with E-state index in [1.165, 1.54) is 6.07 Å². The van der Waals surface area contributed by atoms with Crippen molar-refractivity contribution in [3.8, 4) is 5.75 Å². The van der Waals surface area contributed by atoms with E-state index < -0.39 is 18.1 Å². The number of hydrogen-bond donors (Lipinski definition) is 1. The minimum atomic E-state index is -5.13. The molecular formula is C28H31F3N2O3. The van der Waals surface area contributed by atoms with Crippen LogP contribution in [0.15, 0.2) is 59.8 Å². The fourth-order valence-electron chi connectivity index (χ4n) is 4.95. The van der Waals surface area contributed by atoms with Crippen LogP contribution < -0.4 is 15.0 Å². The molecule has 1 aliphatic heterocycles. The van der Waals surface area contributed by atoms with Gasteiger partial charge in [-0.15, -0.1) is 0 Å². The van der Waals surface area contributed by atoms with Crippen molar-refractivity contribution in [1.82, 2.24) is 0 Å². The van der Waals surface area contributed by atoms with Crippen LogP contribution in [-0.2, 0) is 9.59 Å². The predicted molar refractivity (Wildman–Crippen MR) is 133 cm³/mol. The number of para-hydroxylation sites is 2. The molecule has 4 rings (SSSR count). The van der Waals surface area contributed by atoms with E-state index in [4.69, 9.17) is 4.74 Å². The summed E-state index contributed by atoms with van der Waals surface area (Å²) in [6.07, 6.45) is -1.49. The number of rotatable bonds is 6. The average Bonchev–Trinajstić information content (AvgIpc) is 2.94. The number of ketones is 1. The molecule has 1 atom stereocenters. The van der Waals surface area contributed by atoms with E-state index in [1.807, 2.05) is 13.8 Å². The molecule has 1 aliphatic carbocycles. The number of amides is 1. The highest BCUT2D eigenvalue weighted by Gasteiger charge is 2.50. The van der Waals surface area contributed by atoms with Gasteiger partial charge >= 0.3 is 12.1 Å². The molecule has 0 radical (unpaired) electrons. The molecule has 2 aromatic rings. The second kappa shape index (κ2) is 9.99. The summed E-state index contributed by atoms with van der Waals surface area (Å²) >= 11 is 0. The van der Waals surface area contributed by atoms with E-state index in [0.29, 0.717) is 35.7 Å². The van der Waals surface area contributed by atoms with Crippen molar-refractivity contribution in [1.29, 1.82) is 0 Å². The molecule has 0 bridgehead atoms. The number of fused-ring (bicyclic) bond motifs is 1. The summed E-state index contributed by atoms with van der Waals surface area (Å²) in [5, 5.41) is 3.21. The zero-order valence-corrected chi connectivity index (χ0v) is 20.7. The molecule has 0 saturated heterocycles. The highest BCUT2D eigenvalue weighted by Crippen LogP contribution is 2.49. The number of carbonyl (C=O) groups excluding carboxylic acids is 2. The molecule has 0 aromatic heterocycles. The van der Waals surface area contributed by atoms with E-state index in [-0.39, 0.29) is 28.9 Å². The van der Waals surface area contributed by atoms with Crippen LogP contribution in [0.5, 0.6) is 5.75 Å². The fourth-order valence-corrected chi connectivity index (χ4v) is 4.95. The van der Waals surface area contributed by atoms with Crippen LogP contribution in [0.4, 0.5) is 24.5 Å². The van der Waals surface area contributed by atoms with E-state index in [2.05, 4.69) is 12.2 Å². The van der Waals surface area contributed by atoms with Crippen LogP contribution >= 0.6 is 0 Å². The molecule has 192 valence electrons. The Hall–Kier alpha value is -3.29. The van der Waals surface area contributed by atoms with Gasteiger partial charge in [0.05, 0.1) is 24.0 Å². The molecule has 2 aromatic carbocycles. The first-order valence-corrected chi connectivity index (χ1v) is 12.3. The van der Waals surface area contributed by atoms with Crippen LogP contribution in [0.3, 0.4) is 0 Å². The van der Waals surface area contributed by atoms with E-state index in [0.717, 1.165) is 24.2 Å². The van der Waals surface area contributed by atoms with Crippen molar-refractivity contribution in [3.05, 3.63) is 65.4 Å². The molecule has 0 spiro atoms. The summed E-state index contributed by atoms with van der Waals surface area (Å²) in [7, 11) is 0. The molecule has 36 heavy (non-hydrogen) atoms. The minimum absolute atomic E-state index is 0.0738. The van der Waals surface area contributed by atoms with Gasteiger partial charge in [0.25, 0.3) is 0 Å². The Bertz CT molecular complexity index is 1170. The predicted octanol–water partition coefficient (Wildman–Crippen LogP) is 6.96. The van der Waals surface area contributed by atoms with Gasteiger partial charge in [-0.1, -0.05) is 57.9 Å². The molecule has 1 heterocycles. The average molecular weight is 501 g/mol. The fraction of sp³-hybridized carbons (Fsp3) is 0.429. The maximum absolute atomic E-state index is 13.9. The molecule has 8 heteroatoms. The van der Waals surface area contributed by atoms with Crippen molar-refractivity contribution in [2.75, 3.05) is 16.8 Å². The van der Waals surface area contributed by atoms with Gasteiger partial charge < -0.3 is 10.1 Å². The zero-order chi connectivity index (χ0) is 26.1. The monoisotopic (exact) mass is 500 g/mol. The van der Waals surface area contributed by atoms with Gasteiger partial charge in [-0.2, -0.15) is 13.2 Å². The number of anilines is 2. The highest BCUT2D eigenvalue weighted by atomic mass is 19.4. The Morgan fingerprint density at radius 1 is 1.08 bits per heavy atom. The topological polar surface area (TPSA) is 58.6 Å². The number of hydrogen-bond acceptors (Lipinski definition) is 4. The quantitative estimate of drug-likeness (QED) is 0.436. The lowest BCUT2D eigenvalue weighted by atomic mass is 9.73. The third-order valence-electron chi connectivity index (χ3n) is 6.57. The molecule has 1 amide bonds. The summed E-state index contributed by atoms with van der Waals surface area (Å²) in [6, 6.07) is 11.8. The smallest absolute Gasteiger partial charge is 0.471 e. The number of allylic oxidation sites excluding steroid dienone is 1. The summed E-state index contributed by atoms with van der Waals surface area (Å²) in [6.45, 7) is 6.53. The van der Waals surface area contributed by atoms with Crippen molar-refractivity contribution < 1.29 is 27.5 Å². The van der Waals surface area contributed by atoms with Crippen LogP contribution in [-0.4, -0.2) is 24.5 Å². The lowest BCUT2D eigenvalue weighted by Crippen LogP contribution is -2.45. The van der Waals surface area contributed by atoms with E-state index >= 15 is 0 Å². The van der Waals surface area contributed by atoms with Gasteiger partial charge in [0.2, 0.25) is 0 Å². The SMILES string of the molecule is CCCCCOc1ccc([C@H]2C3=C(CC(C)(C)CC3=O)Nc3ccccc3N2C(=O)C(F)(F)F)cc1. The Morgan fingerprint density at radius 3 is 2.44 bits per heavy atom. The number of nitrogens with zero attached hydrogens (tertiary/aromatic N) is 1. The minimum Gasteiger partial charge on any atom is -0.494 e. The summed E-state index contributed by atoms with van der Waals surface area (Å²) in [5.74, 6) is -1.71. The Balaban J connectivity index is 1.85. The molecular weight excluding hydrogens is 469 g/mol. The number of ether oxygens (including phenoxy) is 1. The Labute approximate surface area is 209 Å². The van der Waals surface area contributed by atoms with Crippen molar-refractivity contribution in [3.63, 3.8) is 0 Å². The highest BCUT2D eigenvalue weighted by molar-refractivity contribution is 6.07. The summed E-state index contributed by atoms with van der Waals surface area (Å²) < 4.78 is 47.5. The first-order valence-electron chi connectivity index (χ1n) is 12.3. The normalized spacial score (nSPS) is 19.2. The second-order valence-corrected chi connectivity index (χ2v) is 10.2. The molecule has 5 nitrogen and oxygen atoms in total. The standard InChI is InChI=1S/C28H31F3N2O3/c1-4-5-8-15-36-19-13-11-18(12-14-19)25-24-21(16-27(2,3)17-23(24)34)32-20-9-6-7-10-22(20)33(25)26(35)28(29,30)31/h6-7,9-14,25,32H,4-5,8,15-17H2,1-3H3/t25-/m0/s1. The Kier molecular flexibility index (Phi) is 7.16. The van der Waals surface area contributed by atoms with Crippen molar-refractivity contribution in [2.45, 2.75) is 65.1 Å². The maximum atomic E-state index is 13.9. The number of unbranched alkanes of at least 4 members (excludes halogenated alkanes) is 2. The molecule has 0 saturated carbocycles. The molecule has 1 N–H and O–H groups in total. The van der Waals surface area contributed by atoms with E-state index in [1.54, 1.807) is 42.5 Å². The number of nitrogens with one attached hydrogen (secondary N) is 1. The Morgan fingerprint density at radius 2 is 1.78 bits per heavy atom. The van der Waals surface area contributed by atoms with Crippen molar-refractivity contribution in [2.24, 2.45) is 5.41 Å². The first kappa shape index (κ1) is 25.8. The number of benzene rings is 2. The number of halogens is 3. The number of Topliss-reactive ketones (excluding diaryl/α,β-unsaturated/α-hetero) is 1. The molecule has 2 aliphatic rings. The van der Waals surface area contributed by atoms with Gasteiger partial charge in [-0.25, -0.2) is 0 Å². The van der Waals surface area contributed by atoms with Crippen molar-refractivity contribution >= 4 is 23.1 Å². The van der Waals surface area contributed by atoms with Gasteiger partial charge in [0.15, 0.2) is 5.78 Å². The largest absolute Gasteiger partial charge is 0.494 e. The van der Waals surface area contributed by atoms with Crippen LogP contribution in [0.1, 0.15) is 64.5 Å². The third kappa shape index (κ3) is 5.27. The van der Waals surface area contributed by atoms with E-state index in [9.17, 15) is 22.8 Å².